The molecule has 0 saturated heterocycles. The molecule has 11 rings (SSSR count). The molecular formula is C49H30N4O. The molecule has 0 aliphatic carbocycles. The minimum atomic E-state index is 0.602. The van der Waals surface area contributed by atoms with Crippen molar-refractivity contribution in [1.29, 1.82) is 0 Å². The van der Waals surface area contributed by atoms with Gasteiger partial charge in [-0.15, -0.1) is 0 Å². The summed E-state index contributed by atoms with van der Waals surface area (Å²) in [7, 11) is 0. The number of para-hydroxylation sites is 2. The molecule has 0 unspecified atom stereocenters. The van der Waals surface area contributed by atoms with Crippen LogP contribution < -0.4 is 0 Å². The Hall–Kier alpha value is -7.37. The Kier molecular flexibility index (Phi) is 6.79. The van der Waals surface area contributed by atoms with Crippen molar-refractivity contribution in [3.8, 4) is 51.0 Å². The lowest BCUT2D eigenvalue weighted by atomic mass is 9.93. The zero-order valence-corrected chi connectivity index (χ0v) is 29.0. The predicted octanol–water partition coefficient (Wildman–Crippen LogP) is 12.7. The molecular weight excluding hydrogens is 661 g/mol. The quantitative estimate of drug-likeness (QED) is 0.180. The molecule has 3 heterocycles. The van der Waals surface area contributed by atoms with Crippen molar-refractivity contribution in [2.75, 3.05) is 0 Å². The van der Waals surface area contributed by atoms with Crippen LogP contribution in [0, 0.1) is 0 Å². The van der Waals surface area contributed by atoms with Crippen LogP contribution >= 0.6 is 0 Å². The Morgan fingerprint density at radius 1 is 0.352 bits per heavy atom. The highest BCUT2D eigenvalue weighted by atomic mass is 16.3. The second-order valence-electron chi connectivity index (χ2n) is 13.6. The van der Waals surface area contributed by atoms with Gasteiger partial charge in [0.2, 0.25) is 0 Å². The Bertz CT molecular complexity index is 3090. The number of nitrogens with zero attached hydrogens (tertiary/aromatic N) is 4. The van der Waals surface area contributed by atoms with Crippen LogP contribution in [0.25, 0.3) is 105 Å². The van der Waals surface area contributed by atoms with E-state index < -0.39 is 0 Å². The molecule has 252 valence electrons. The first kappa shape index (κ1) is 30.3. The van der Waals surface area contributed by atoms with Crippen molar-refractivity contribution in [1.82, 2.24) is 19.5 Å². The molecule has 0 aliphatic rings. The Morgan fingerprint density at radius 2 is 0.889 bits per heavy atom. The maximum atomic E-state index is 6.72. The Morgan fingerprint density at radius 3 is 1.52 bits per heavy atom. The monoisotopic (exact) mass is 690 g/mol. The number of aromatic nitrogens is 4. The SMILES string of the molecule is c1ccc(-c2nc(-c3ccccc3)nc(-c3cccc4oc5cc(-c6ccc(-n7c8ccccc8c8ccccc87)cc6)c6ccccc6c5c34)n2)cc1. The van der Waals surface area contributed by atoms with Crippen molar-refractivity contribution >= 4 is 54.5 Å². The van der Waals surface area contributed by atoms with E-state index in [0.717, 1.165) is 66.2 Å². The summed E-state index contributed by atoms with van der Waals surface area (Å²) >= 11 is 0. The van der Waals surface area contributed by atoms with E-state index in [9.17, 15) is 0 Å². The summed E-state index contributed by atoms with van der Waals surface area (Å²) in [5, 5.41) is 6.80. The van der Waals surface area contributed by atoms with E-state index >= 15 is 0 Å². The van der Waals surface area contributed by atoms with Gasteiger partial charge in [-0.25, -0.2) is 15.0 Å². The highest BCUT2D eigenvalue weighted by Crippen LogP contribution is 2.43. The van der Waals surface area contributed by atoms with Gasteiger partial charge in [-0.1, -0.05) is 146 Å². The van der Waals surface area contributed by atoms with Gasteiger partial charge in [-0.3, -0.25) is 0 Å². The molecule has 5 heteroatoms. The second-order valence-corrected chi connectivity index (χ2v) is 13.6. The standard InChI is InChI=1S/C49H30N4O/c1-3-14-32(15-4-1)47-50-48(33-16-5-2-6-17-33)52-49(51-47)39-22-13-25-43-46(39)45-38-21-8-7-18-35(38)40(30-44(45)54-43)31-26-28-34(29-27-31)53-41-23-11-9-19-36(41)37-20-10-12-24-42(37)53/h1-30H. The minimum Gasteiger partial charge on any atom is -0.456 e. The molecule has 0 radical (unpaired) electrons. The van der Waals surface area contributed by atoms with Crippen molar-refractivity contribution in [3.05, 3.63) is 182 Å². The van der Waals surface area contributed by atoms with E-state index in [0.29, 0.717) is 17.5 Å². The first-order valence-corrected chi connectivity index (χ1v) is 18.1. The first-order valence-electron chi connectivity index (χ1n) is 18.1. The van der Waals surface area contributed by atoms with Gasteiger partial charge in [0.1, 0.15) is 11.2 Å². The van der Waals surface area contributed by atoms with Crippen LogP contribution in [0.3, 0.4) is 0 Å². The molecule has 0 bridgehead atoms. The van der Waals surface area contributed by atoms with Crippen LogP contribution in [-0.4, -0.2) is 19.5 Å². The molecule has 54 heavy (non-hydrogen) atoms. The van der Waals surface area contributed by atoms with Gasteiger partial charge in [0.05, 0.1) is 11.0 Å². The number of furan rings is 1. The molecule has 3 aromatic heterocycles. The lowest BCUT2D eigenvalue weighted by molar-refractivity contribution is 0.669. The van der Waals surface area contributed by atoms with Gasteiger partial charge in [0.25, 0.3) is 0 Å². The van der Waals surface area contributed by atoms with Crippen molar-refractivity contribution in [2.45, 2.75) is 0 Å². The summed E-state index contributed by atoms with van der Waals surface area (Å²) in [5.41, 5.74) is 10.1. The van der Waals surface area contributed by atoms with Crippen molar-refractivity contribution in [2.24, 2.45) is 0 Å². The van der Waals surface area contributed by atoms with Crippen molar-refractivity contribution < 1.29 is 4.42 Å². The third-order valence-electron chi connectivity index (χ3n) is 10.5. The van der Waals surface area contributed by atoms with E-state index in [-0.39, 0.29) is 0 Å². The van der Waals surface area contributed by atoms with Crippen LogP contribution in [-0.2, 0) is 0 Å². The van der Waals surface area contributed by atoms with Crippen molar-refractivity contribution in [3.63, 3.8) is 0 Å². The summed E-state index contributed by atoms with van der Waals surface area (Å²) in [6.45, 7) is 0. The van der Waals surface area contributed by atoms with Gasteiger partial charge in [-0.05, 0) is 58.3 Å². The number of benzene rings is 8. The summed E-state index contributed by atoms with van der Waals surface area (Å²) in [6.07, 6.45) is 0. The van der Waals surface area contributed by atoms with Gasteiger partial charge in [-0.2, -0.15) is 0 Å². The molecule has 8 aromatic carbocycles. The number of hydrogen-bond donors (Lipinski definition) is 0. The molecule has 5 nitrogen and oxygen atoms in total. The smallest absolute Gasteiger partial charge is 0.164 e. The van der Waals surface area contributed by atoms with E-state index in [4.69, 9.17) is 19.4 Å². The molecule has 0 aliphatic heterocycles. The van der Waals surface area contributed by atoms with Gasteiger partial charge >= 0.3 is 0 Å². The fourth-order valence-electron chi connectivity index (χ4n) is 8.03. The maximum Gasteiger partial charge on any atom is 0.164 e. The lowest BCUT2D eigenvalue weighted by Gasteiger charge is -2.12. The molecule has 0 amide bonds. The van der Waals surface area contributed by atoms with E-state index in [2.05, 4.69) is 114 Å². The summed E-state index contributed by atoms with van der Waals surface area (Å²) in [5.74, 6) is 1.85. The maximum absolute atomic E-state index is 6.72. The summed E-state index contributed by atoms with van der Waals surface area (Å²) in [4.78, 5) is 15.1. The average Bonchev–Trinajstić information content (AvgIpc) is 3.80. The lowest BCUT2D eigenvalue weighted by Crippen LogP contribution is -2.00. The fourth-order valence-corrected chi connectivity index (χ4v) is 8.03. The molecule has 0 fully saturated rings. The molecule has 0 atom stereocenters. The van der Waals surface area contributed by atoms with E-state index in [1.54, 1.807) is 0 Å². The van der Waals surface area contributed by atoms with Crippen LogP contribution in [0.2, 0.25) is 0 Å². The zero-order chi connectivity index (χ0) is 35.6. The van der Waals surface area contributed by atoms with Crippen LogP contribution in [0.4, 0.5) is 0 Å². The third kappa shape index (κ3) is 4.76. The minimum absolute atomic E-state index is 0.602. The predicted molar refractivity (Wildman–Crippen MR) is 221 cm³/mol. The Balaban J connectivity index is 1.10. The molecule has 0 spiro atoms. The topological polar surface area (TPSA) is 56.7 Å². The normalized spacial score (nSPS) is 11.7. The first-order chi connectivity index (χ1) is 26.8. The zero-order valence-electron chi connectivity index (χ0n) is 29.0. The molecule has 0 N–H and O–H groups in total. The van der Waals surface area contributed by atoms with Gasteiger partial charge in [0.15, 0.2) is 17.5 Å². The number of fused-ring (bicyclic) bond motifs is 8. The second kappa shape index (κ2) is 12.1. The Labute approximate surface area is 310 Å². The van der Waals surface area contributed by atoms with Crippen LogP contribution in [0.15, 0.2) is 186 Å². The van der Waals surface area contributed by atoms with E-state index in [1.807, 2.05) is 72.8 Å². The molecule has 11 aromatic rings. The largest absolute Gasteiger partial charge is 0.456 e. The van der Waals surface area contributed by atoms with Gasteiger partial charge < -0.3 is 8.98 Å². The fraction of sp³-hybridized carbons (Fsp3) is 0. The molecule has 0 saturated carbocycles. The number of rotatable bonds is 5. The number of hydrogen-bond acceptors (Lipinski definition) is 4. The highest BCUT2D eigenvalue weighted by Gasteiger charge is 2.21. The average molecular weight is 691 g/mol. The summed E-state index contributed by atoms with van der Waals surface area (Å²) in [6, 6.07) is 63.2. The third-order valence-corrected chi connectivity index (χ3v) is 10.5. The highest BCUT2D eigenvalue weighted by molar-refractivity contribution is 6.25. The van der Waals surface area contributed by atoms with Gasteiger partial charge in [0, 0.05) is 43.9 Å². The van der Waals surface area contributed by atoms with E-state index in [1.165, 1.54) is 21.8 Å². The summed E-state index contributed by atoms with van der Waals surface area (Å²) < 4.78 is 9.07. The van der Waals surface area contributed by atoms with Crippen LogP contribution in [0.1, 0.15) is 0 Å². The van der Waals surface area contributed by atoms with Crippen LogP contribution in [0.5, 0.6) is 0 Å².